The molecule has 0 aliphatic carbocycles. The number of nitrogens with zero attached hydrogens (tertiary/aromatic N) is 3. The Labute approximate surface area is 188 Å². The van der Waals surface area contributed by atoms with Crippen LogP contribution in [0.2, 0.25) is 0 Å². The summed E-state index contributed by atoms with van der Waals surface area (Å²) in [6, 6.07) is 13.3. The largest absolute Gasteiger partial charge is 0.444 e. The molecule has 3 rings (SSSR count). The summed E-state index contributed by atoms with van der Waals surface area (Å²) in [6.07, 6.45) is 3.68. The Bertz CT molecular complexity index is 1060. The lowest BCUT2D eigenvalue weighted by molar-refractivity contribution is 0.0519. The number of hydrogen-bond acceptors (Lipinski definition) is 4. The first kappa shape index (κ1) is 23.1. The number of alkyl carbamates (subject to hydrolysis) is 1. The molecule has 8 heteroatoms. The van der Waals surface area contributed by atoms with E-state index in [2.05, 4.69) is 15.7 Å². The summed E-state index contributed by atoms with van der Waals surface area (Å²) in [6.45, 7) is 5.68. The van der Waals surface area contributed by atoms with Crippen LogP contribution < -0.4 is 10.6 Å². The Morgan fingerprint density at radius 2 is 1.84 bits per heavy atom. The number of ether oxygens (including phenoxy) is 1. The zero-order valence-corrected chi connectivity index (χ0v) is 19.3. The first-order valence-electron chi connectivity index (χ1n) is 10.6. The van der Waals surface area contributed by atoms with Crippen molar-refractivity contribution in [3.8, 4) is 11.3 Å². The molecule has 170 valence electrons. The van der Waals surface area contributed by atoms with Gasteiger partial charge in [-0.1, -0.05) is 30.3 Å². The van der Waals surface area contributed by atoms with Gasteiger partial charge in [0.25, 0.3) is 5.91 Å². The van der Waals surface area contributed by atoms with Crippen LogP contribution in [0.1, 0.15) is 36.8 Å². The topological polar surface area (TPSA) is 90.2 Å². The third-order valence-electron chi connectivity index (χ3n) is 4.91. The third-order valence-corrected chi connectivity index (χ3v) is 4.91. The Morgan fingerprint density at radius 1 is 1.12 bits per heavy atom. The number of amides is 2. The van der Waals surface area contributed by atoms with E-state index >= 15 is 0 Å². The molecule has 0 aliphatic rings. The molecule has 0 radical (unpaired) electrons. The van der Waals surface area contributed by atoms with Crippen LogP contribution in [-0.2, 0) is 25.3 Å². The van der Waals surface area contributed by atoms with Gasteiger partial charge in [-0.05, 0) is 44.9 Å². The van der Waals surface area contributed by atoms with Gasteiger partial charge in [-0.15, -0.1) is 0 Å². The van der Waals surface area contributed by atoms with Crippen molar-refractivity contribution >= 4 is 12.0 Å². The first-order valence-corrected chi connectivity index (χ1v) is 10.6. The van der Waals surface area contributed by atoms with Gasteiger partial charge in [0.1, 0.15) is 11.3 Å². The van der Waals surface area contributed by atoms with Crippen LogP contribution in [0.25, 0.3) is 11.3 Å². The van der Waals surface area contributed by atoms with Gasteiger partial charge < -0.3 is 19.9 Å². The molecule has 0 aliphatic heterocycles. The predicted molar refractivity (Wildman–Crippen MR) is 123 cm³/mol. The van der Waals surface area contributed by atoms with E-state index < -0.39 is 11.7 Å². The molecule has 2 aromatic heterocycles. The molecule has 1 unspecified atom stereocenters. The van der Waals surface area contributed by atoms with Crippen LogP contribution in [0.5, 0.6) is 0 Å². The van der Waals surface area contributed by atoms with Gasteiger partial charge in [-0.25, -0.2) is 4.79 Å². The van der Waals surface area contributed by atoms with Crippen LogP contribution in [0.3, 0.4) is 0 Å². The Morgan fingerprint density at radius 3 is 2.47 bits per heavy atom. The summed E-state index contributed by atoms with van der Waals surface area (Å²) in [5, 5.41) is 10.0. The molecule has 1 aromatic carbocycles. The number of carbonyl (C=O) groups is 2. The van der Waals surface area contributed by atoms with Crippen molar-refractivity contribution in [3.63, 3.8) is 0 Å². The molecule has 2 amide bonds. The van der Waals surface area contributed by atoms with Gasteiger partial charge >= 0.3 is 6.09 Å². The lowest BCUT2D eigenvalue weighted by Gasteiger charge is -2.23. The second kappa shape index (κ2) is 9.72. The summed E-state index contributed by atoms with van der Waals surface area (Å²) in [4.78, 5) is 25.2. The average Bonchev–Trinajstić information content (AvgIpc) is 3.31. The quantitative estimate of drug-likeness (QED) is 0.594. The fourth-order valence-electron chi connectivity index (χ4n) is 3.44. The molecule has 0 spiro atoms. The lowest BCUT2D eigenvalue weighted by atomic mass is 10.1. The zero-order chi connectivity index (χ0) is 23.3. The number of rotatable bonds is 7. The molecule has 0 fully saturated rings. The first-order chi connectivity index (χ1) is 15.1. The molecule has 3 aromatic rings. The second-order valence-corrected chi connectivity index (χ2v) is 8.81. The Balaban J connectivity index is 1.73. The van der Waals surface area contributed by atoms with E-state index in [0.717, 1.165) is 16.8 Å². The number of nitrogens with one attached hydrogen (secondary N) is 2. The number of aryl methyl sites for hydroxylation is 2. The predicted octanol–water partition coefficient (Wildman–Crippen LogP) is 3.29. The van der Waals surface area contributed by atoms with E-state index in [1.807, 2.05) is 83.5 Å². The SMILES string of the molecule is Cn1cc(-c2ccnn2C)cc1C(=O)NC(CNC(=O)OC(C)(C)C)Cc1ccccc1. The zero-order valence-electron chi connectivity index (χ0n) is 19.3. The number of aromatic nitrogens is 3. The minimum Gasteiger partial charge on any atom is -0.444 e. The van der Waals surface area contributed by atoms with Crippen molar-refractivity contribution in [3.05, 3.63) is 66.1 Å². The van der Waals surface area contributed by atoms with Crippen molar-refractivity contribution in [1.82, 2.24) is 25.0 Å². The summed E-state index contributed by atoms with van der Waals surface area (Å²) in [5.41, 5.74) is 2.83. The summed E-state index contributed by atoms with van der Waals surface area (Å²) in [5.74, 6) is -0.215. The van der Waals surface area contributed by atoms with E-state index in [-0.39, 0.29) is 18.5 Å². The van der Waals surface area contributed by atoms with Crippen molar-refractivity contribution < 1.29 is 14.3 Å². The Hall–Kier alpha value is -3.55. The van der Waals surface area contributed by atoms with Crippen molar-refractivity contribution in [2.24, 2.45) is 14.1 Å². The van der Waals surface area contributed by atoms with Gasteiger partial charge in [-0.2, -0.15) is 5.10 Å². The van der Waals surface area contributed by atoms with Crippen LogP contribution in [-0.4, -0.2) is 44.5 Å². The molecular weight excluding hydrogens is 406 g/mol. The van der Waals surface area contributed by atoms with Crippen LogP contribution in [0, 0.1) is 0 Å². The highest BCUT2D eigenvalue weighted by molar-refractivity contribution is 5.94. The lowest BCUT2D eigenvalue weighted by Crippen LogP contribution is -2.46. The van der Waals surface area contributed by atoms with E-state index in [1.54, 1.807) is 15.4 Å². The minimum absolute atomic E-state index is 0.215. The standard InChI is InChI=1S/C24H31N5O3/c1-24(2,3)32-23(31)25-15-19(13-17-9-7-6-8-10-17)27-22(30)21-14-18(16-28(21)4)20-11-12-26-29(20)5/h6-12,14,16,19H,13,15H2,1-5H3,(H,25,31)(H,27,30). The summed E-state index contributed by atoms with van der Waals surface area (Å²) < 4.78 is 8.88. The van der Waals surface area contributed by atoms with Crippen molar-refractivity contribution in [2.45, 2.75) is 38.8 Å². The molecule has 0 saturated heterocycles. The van der Waals surface area contributed by atoms with E-state index in [1.165, 1.54) is 0 Å². The maximum Gasteiger partial charge on any atom is 0.407 e. The highest BCUT2D eigenvalue weighted by atomic mass is 16.6. The summed E-state index contributed by atoms with van der Waals surface area (Å²) in [7, 11) is 3.69. The molecule has 8 nitrogen and oxygen atoms in total. The molecule has 2 heterocycles. The van der Waals surface area contributed by atoms with Gasteiger partial charge in [-0.3, -0.25) is 9.48 Å². The fraction of sp³-hybridized carbons (Fsp3) is 0.375. The van der Waals surface area contributed by atoms with Crippen molar-refractivity contribution in [1.29, 1.82) is 0 Å². The average molecular weight is 438 g/mol. The monoisotopic (exact) mass is 437 g/mol. The highest BCUT2D eigenvalue weighted by Crippen LogP contribution is 2.21. The normalized spacial score (nSPS) is 12.3. The molecular formula is C24H31N5O3. The molecule has 0 bridgehead atoms. The smallest absolute Gasteiger partial charge is 0.407 e. The highest BCUT2D eigenvalue weighted by Gasteiger charge is 2.21. The van der Waals surface area contributed by atoms with E-state index in [4.69, 9.17) is 4.74 Å². The molecule has 1 atom stereocenters. The Kier molecular flexibility index (Phi) is 7.02. The number of carbonyl (C=O) groups excluding carboxylic acids is 2. The van der Waals surface area contributed by atoms with Crippen molar-refractivity contribution in [2.75, 3.05) is 6.54 Å². The van der Waals surface area contributed by atoms with Crippen LogP contribution in [0.15, 0.2) is 54.9 Å². The van der Waals surface area contributed by atoms with E-state index in [0.29, 0.717) is 12.1 Å². The van der Waals surface area contributed by atoms with Gasteiger partial charge in [0, 0.05) is 38.6 Å². The molecule has 2 N–H and O–H groups in total. The minimum atomic E-state index is -0.590. The summed E-state index contributed by atoms with van der Waals surface area (Å²) >= 11 is 0. The fourth-order valence-corrected chi connectivity index (χ4v) is 3.44. The van der Waals surface area contributed by atoms with E-state index in [9.17, 15) is 9.59 Å². The van der Waals surface area contributed by atoms with Gasteiger partial charge in [0.2, 0.25) is 0 Å². The van der Waals surface area contributed by atoms with Gasteiger partial charge in [0.05, 0.1) is 11.7 Å². The van der Waals surface area contributed by atoms with Crippen LogP contribution >= 0.6 is 0 Å². The third kappa shape index (κ3) is 6.23. The maximum absolute atomic E-state index is 13.1. The number of benzene rings is 1. The molecule has 0 saturated carbocycles. The van der Waals surface area contributed by atoms with Crippen LogP contribution in [0.4, 0.5) is 4.79 Å². The maximum atomic E-state index is 13.1. The number of hydrogen-bond donors (Lipinski definition) is 2. The molecule has 32 heavy (non-hydrogen) atoms. The second-order valence-electron chi connectivity index (χ2n) is 8.81. The van der Waals surface area contributed by atoms with Gasteiger partial charge in [0.15, 0.2) is 0 Å².